The molecule has 114 valence electrons. The molecule has 0 amide bonds. The van der Waals surface area contributed by atoms with Gasteiger partial charge in [0.2, 0.25) is 0 Å². The number of methoxy groups -OCH3 is 1. The average Bonchev–Trinajstić information content (AvgIpc) is 2.92. The number of nitrogens with zero attached hydrogens (tertiary/aromatic N) is 1. The van der Waals surface area contributed by atoms with Crippen molar-refractivity contribution in [1.82, 2.24) is 15.3 Å². The summed E-state index contributed by atoms with van der Waals surface area (Å²) in [6.07, 6.45) is 1.89. The summed E-state index contributed by atoms with van der Waals surface area (Å²) < 4.78 is 5.00. The van der Waals surface area contributed by atoms with E-state index in [1.165, 1.54) is 11.1 Å². The van der Waals surface area contributed by atoms with Crippen LogP contribution in [0.4, 0.5) is 0 Å². The molecule has 21 heavy (non-hydrogen) atoms. The van der Waals surface area contributed by atoms with E-state index in [1.807, 2.05) is 6.20 Å². The molecule has 1 aromatic heterocycles. The largest absolute Gasteiger partial charge is 0.383 e. The lowest BCUT2D eigenvalue weighted by molar-refractivity contribution is 0.199. The van der Waals surface area contributed by atoms with Gasteiger partial charge in [-0.05, 0) is 16.5 Å². The van der Waals surface area contributed by atoms with Crippen molar-refractivity contribution in [2.75, 3.05) is 20.3 Å². The maximum absolute atomic E-state index is 5.00. The highest BCUT2D eigenvalue weighted by molar-refractivity contribution is 5.59. The lowest BCUT2D eigenvalue weighted by Crippen LogP contribution is -2.19. The zero-order valence-corrected chi connectivity index (χ0v) is 13.4. The van der Waals surface area contributed by atoms with E-state index in [1.54, 1.807) is 7.11 Å². The van der Waals surface area contributed by atoms with E-state index in [9.17, 15) is 0 Å². The van der Waals surface area contributed by atoms with Crippen LogP contribution in [0.1, 0.15) is 32.2 Å². The molecule has 0 bridgehead atoms. The van der Waals surface area contributed by atoms with E-state index in [2.05, 4.69) is 60.3 Å². The molecule has 0 atom stereocenters. The number of benzene rings is 1. The van der Waals surface area contributed by atoms with Crippen LogP contribution in [0.2, 0.25) is 0 Å². The van der Waals surface area contributed by atoms with Crippen molar-refractivity contribution in [2.24, 2.45) is 0 Å². The monoisotopic (exact) mass is 287 g/mol. The molecule has 1 aromatic carbocycles. The maximum Gasteiger partial charge on any atom is 0.120 e. The Morgan fingerprint density at radius 3 is 2.52 bits per heavy atom. The summed E-state index contributed by atoms with van der Waals surface area (Å²) in [6, 6.07) is 8.67. The number of aromatic nitrogens is 2. The Labute approximate surface area is 127 Å². The third-order valence-corrected chi connectivity index (χ3v) is 3.47. The molecule has 2 rings (SSSR count). The van der Waals surface area contributed by atoms with Crippen LogP contribution in [0.15, 0.2) is 30.5 Å². The van der Waals surface area contributed by atoms with Crippen molar-refractivity contribution in [3.05, 3.63) is 41.9 Å². The SMILES string of the molecule is COCCNCc1ncc(-c2ccc(C(C)(C)C)cc2)[nH]1. The first-order chi connectivity index (χ1) is 10.0. The molecule has 0 saturated carbocycles. The van der Waals surface area contributed by atoms with Crippen molar-refractivity contribution < 1.29 is 4.74 Å². The van der Waals surface area contributed by atoms with Crippen molar-refractivity contribution in [2.45, 2.75) is 32.7 Å². The van der Waals surface area contributed by atoms with E-state index >= 15 is 0 Å². The summed E-state index contributed by atoms with van der Waals surface area (Å²) in [5.74, 6) is 0.945. The number of H-pyrrole nitrogens is 1. The molecule has 0 saturated heterocycles. The quantitative estimate of drug-likeness (QED) is 0.803. The first-order valence-corrected chi connectivity index (χ1v) is 7.35. The lowest BCUT2D eigenvalue weighted by atomic mass is 9.86. The fourth-order valence-corrected chi connectivity index (χ4v) is 2.13. The minimum Gasteiger partial charge on any atom is -0.383 e. The van der Waals surface area contributed by atoms with Crippen LogP contribution in [-0.4, -0.2) is 30.2 Å². The molecule has 0 aliphatic heterocycles. The molecule has 2 N–H and O–H groups in total. The number of rotatable bonds is 6. The van der Waals surface area contributed by atoms with E-state index in [4.69, 9.17) is 4.74 Å². The molecular formula is C17H25N3O. The predicted molar refractivity (Wildman–Crippen MR) is 86.3 cm³/mol. The Morgan fingerprint density at radius 2 is 1.90 bits per heavy atom. The van der Waals surface area contributed by atoms with Crippen LogP contribution >= 0.6 is 0 Å². The van der Waals surface area contributed by atoms with Gasteiger partial charge in [0.25, 0.3) is 0 Å². The van der Waals surface area contributed by atoms with E-state index in [0.717, 1.165) is 24.6 Å². The molecule has 1 heterocycles. The number of ether oxygens (including phenoxy) is 1. The van der Waals surface area contributed by atoms with Crippen molar-refractivity contribution in [1.29, 1.82) is 0 Å². The van der Waals surface area contributed by atoms with Crippen LogP contribution in [0.3, 0.4) is 0 Å². The summed E-state index contributed by atoms with van der Waals surface area (Å²) in [5.41, 5.74) is 3.74. The van der Waals surface area contributed by atoms with Gasteiger partial charge in [-0.2, -0.15) is 0 Å². The number of imidazole rings is 1. The molecule has 0 radical (unpaired) electrons. The average molecular weight is 287 g/mol. The Kier molecular flexibility index (Phi) is 5.15. The fraction of sp³-hybridized carbons (Fsp3) is 0.471. The Bertz CT molecular complexity index is 552. The van der Waals surface area contributed by atoms with Crippen molar-refractivity contribution in [3.8, 4) is 11.3 Å². The van der Waals surface area contributed by atoms with Gasteiger partial charge >= 0.3 is 0 Å². The second-order valence-electron chi connectivity index (χ2n) is 6.24. The summed E-state index contributed by atoms with van der Waals surface area (Å²) in [6.45, 7) is 8.93. The molecule has 0 unspecified atom stereocenters. The van der Waals surface area contributed by atoms with E-state index in [-0.39, 0.29) is 5.41 Å². The smallest absolute Gasteiger partial charge is 0.120 e. The Balaban J connectivity index is 2.00. The van der Waals surface area contributed by atoms with Gasteiger partial charge in [0.15, 0.2) is 0 Å². The van der Waals surface area contributed by atoms with Crippen LogP contribution in [-0.2, 0) is 16.7 Å². The van der Waals surface area contributed by atoms with Gasteiger partial charge in [-0.25, -0.2) is 4.98 Å². The molecule has 2 aromatic rings. The van der Waals surface area contributed by atoms with Gasteiger partial charge in [-0.1, -0.05) is 45.0 Å². The minimum absolute atomic E-state index is 0.183. The fourth-order valence-electron chi connectivity index (χ4n) is 2.13. The molecule has 4 nitrogen and oxygen atoms in total. The van der Waals surface area contributed by atoms with Gasteiger partial charge in [-0.3, -0.25) is 0 Å². The molecule has 0 fully saturated rings. The lowest BCUT2D eigenvalue weighted by Gasteiger charge is -2.18. The highest BCUT2D eigenvalue weighted by Gasteiger charge is 2.13. The Hall–Kier alpha value is -1.65. The van der Waals surface area contributed by atoms with Gasteiger partial charge in [0.1, 0.15) is 5.82 Å². The van der Waals surface area contributed by atoms with Gasteiger partial charge in [0.05, 0.1) is 25.0 Å². The summed E-state index contributed by atoms with van der Waals surface area (Å²) >= 11 is 0. The van der Waals surface area contributed by atoms with Crippen LogP contribution in [0, 0.1) is 0 Å². The van der Waals surface area contributed by atoms with E-state index < -0.39 is 0 Å². The van der Waals surface area contributed by atoms with Crippen LogP contribution in [0.5, 0.6) is 0 Å². The van der Waals surface area contributed by atoms with Gasteiger partial charge in [-0.15, -0.1) is 0 Å². The number of aromatic amines is 1. The topological polar surface area (TPSA) is 49.9 Å². The zero-order valence-electron chi connectivity index (χ0n) is 13.4. The minimum atomic E-state index is 0.183. The number of hydrogen-bond donors (Lipinski definition) is 2. The van der Waals surface area contributed by atoms with E-state index in [0.29, 0.717) is 6.61 Å². The molecule has 0 aliphatic carbocycles. The number of nitrogens with one attached hydrogen (secondary N) is 2. The highest BCUT2D eigenvalue weighted by atomic mass is 16.5. The van der Waals surface area contributed by atoms with Crippen molar-refractivity contribution >= 4 is 0 Å². The van der Waals surface area contributed by atoms with Crippen LogP contribution in [0.25, 0.3) is 11.3 Å². The standard InChI is InChI=1S/C17H25N3O/c1-17(2,3)14-7-5-13(6-8-14)15-11-19-16(20-15)12-18-9-10-21-4/h5-8,11,18H,9-10,12H2,1-4H3,(H,19,20). The highest BCUT2D eigenvalue weighted by Crippen LogP contribution is 2.25. The second-order valence-corrected chi connectivity index (χ2v) is 6.24. The first-order valence-electron chi connectivity index (χ1n) is 7.35. The maximum atomic E-state index is 5.00. The van der Waals surface area contributed by atoms with Gasteiger partial charge in [0, 0.05) is 13.7 Å². The predicted octanol–water partition coefficient (Wildman–Crippen LogP) is 3.11. The first kappa shape index (κ1) is 15.7. The second kappa shape index (κ2) is 6.87. The van der Waals surface area contributed by atoms with Crippen LogP contribution < -0.4 is 5.32 Å². The zero-order chi connectivity index (χ0) is 15.3. The Morgan fingerprint density at radius 1 is 1.19 bits per heavy atom. The third kappa shape index (κ3) is 4.41. The molecule has 0 aliphatic rings. The normalized spacial score (nSPS) is 11.8. The van der Waals surface area contributed by atoms with Gasteiger partial charge < -0.3 is 15.0 Å². The molecule has 4 heteroatoms. The number of hydrogen-bond acceptors (Lipinski definition) is 3. The van der Waals surface area contributed by atoms with Crippen molar-refractivity contribution in [3.63, 3.8) is 0 Å². The third-order valence-electron chi connectivity index (χ3n) is 3.47. The summed E-state index contributed by atoms with van der Waals surface area (Å²) in [4.78, 5) is 7.75. The molecule has 0 spiro atoms. The summed E-state index contributed by atoms with van der Waals surface area (Å²) in [5, 5.41) is 3.28. The molecular weight excluding hydrogens is 262 g/mol. The summed E-state index contributed by atoms with van der Waals surface area (Å²) in [7, 11) is 1.70.